The lowest BCUT2D eigenvalue weighted by atomic mass is 9.99. The molecule has 0 saturated carbocycles. The highest BCUT2D eigenvalue weighted by Crippen LogP contribution is 2.41. The Morgan fingerprint density at radius 3 is 2.46 bits per heavy atom. The van der Waals surface area contributed by atoms with Gasteiger partial charge in [-0.15, -0.1) is 0 Å². The average Bonchev–Trinajstić information content (AvgIpc) is 2.89. The standard InChI is InChI=1S/C26H32FN5O3/c1-30-7-9-32(10-8-30)23-16-18(27)15-21-24(34-2)17-22(29-25(21)23)26(33)28-19-3-5-20(6-4-19)31-11-13-35-14-12-31/h3-6,15-17,24,29H,7-14H2,1-2H3,(H,28,33). The van der Waals surface area contributed by atoms with Crippen molar-refractivity contribution in [3.05, 3.63) is 59.6 Å². The molecule has 3 aliphatic rings. The molecule has 2 fully saturated rings. The van der Waals surface area contributed by atoms with Crippen molar-refractivity contribution in [1.29, 1.82) is 0 Å². The number of fused-ring (bicyclic) bond motifs is 1. The van der Waals surface area contributed by atoms with Gasteiger partial charge in [0.25, 0.3) is 5.91 Å². The summed E-state index contributed by atoms with van der Waals surface area (Å²) in [6.45, 7) is 6.51. The van der Waals surface area contributed by atoms with Crippen molar-refractivity contribution in [1.82, 2.24) is 4.90 Å². The van der Waals surface area contributed by atoms with Gasteiger partial charge in [-0.3, -0.25) is 4.79 Å². The Kier molecular flexibility index (Phi) is 6.90. The van der Waals surface area contributed by atoms with Crippen molar-refractivity contribution in [3.63, 3.8) is 0 Å². The second kappa shape index (κ2) is 10.2. The average molecular weight is 482 g/mol. The number of rotatable bonds is 5. The smallest absolute Gasteiger partial charge is 0.271 e. The second-order valence-electron chi connectivity index (χ2n) is 9.14. The molecule has 0 radical (unpaired) electrons. The summed E-state index contributed by atoms with van der Waals surface area (Å²) < 4.78 is 25.6. The van der Waals surface area contributed by atoms with Crippen molar-refractivity contribution < 1.29 is 18.7 Å². The van der Waals surface area contributed by atoms with Gasteiger partial charge in [-0.05, 0) is 49.5 Å². The van der Waals surface area contributed by atoms with Crippen LogP contribution in [0.2, 0.25) is 0 Å². The molecular weight excluding hydrogens is 449 g/mol. The minimum atomic E-state index is -0.530. The van der Waals surface area contributed by atoms with Crippen LogP contribution in [0.5, 0.6) is 0 Å². The zero-order valence-corrected chi connectivity index (χ0v) is 20.2. The fourth-order valence-corrected chi connectivity index (χ4v) is 4.79. The van der Waals surface area contributed by atoms with Crippen LogP contribution in [-0.2, 0) is 14.3 Å². The van der Waals surface area contributed by atoms with E-state index in [9.17, 15) is 9.18 Å². The number of carbonyl (C=O) groups excluding carboxylic acids is 1. The van der Waals surface area contributed by atoms with E-state index in [2.05, 4.69) is 32.4 Å². The third-order valence-electron chi connectivity index (χ3n) is 6.84. The van der Waals surface area contributed by atoms with E-state index in [1.165, 1.54) is 12.1 Å². The monoisotopic (exact) mass is 481 g/mol. The minimum absolute atomic E-state index is 0.273. The van der Waals surface area contributed by atoms with E-state index in [1.54, 1.807) is 13.2 Å². The molecule has 2 aromatic carbocycles. The molecule has 186 valence electrons. The van der Waals surface area contributed by atoms with Crippen molar-refractivity contribution >= 4 is 28.7 Å². The van der Waals surface area contributed by atoms with Gasteiger partial charge in [-0.2, -0.15) is 0 Å². The molecule has 8 nitrogen and oxygen atoms in total. The molecule has 0 bridgehead atoms. The predicted molar refractivity (Wildman–Crippen MR) is 136 cm³/mol. The number of piperazine rings is 1. The quantitative estimate of drug-likeness (QED) is 0.680. The summed E-state index contributed by atoms with van der Waals surface area (Å²) in [7, 11) is 3.65. The lowest BCUT2D eigenvalue weighted by Crippen LogP contribution is -2.45. The first kappa shape index (κ1) is 23.6. The second-order valence-corrected chi connectivity index (χ2v) is 9.14. The Morgan fingerprint density at radius 2 is 1.77 bits per heavy atom. The van der Waals surface area contributed by atoms with Gasteiger partial charge in [0.2, 0.25) is 0 Å². The first-order valence-corrected chi connectivity index (χ1v) is 12.0. The normalized spacial score (nSPS) is 20.7. The lowest BCUT2D eigenvalue weighted by molar-refractivity contribution is -0.112. The van der Waals surface area contributed by atoms with Crippen LogP contribution in [0.4, 0.5) is 27.1 Å². The molecular formula is C26H32FN5O3. The number of hydrogen-bond acceptors (Lipinski definition) is 7. The number of nitrogens with one attached hydrogen (secondary N) is 2. The zero-order valence-electron chi connectivity index (χ0n) is 20.2. The van der Waals surface area contributed by atoms with Gasteiger partial charge in [0, 0.05) is 63.3 Å². The Labute approximate surface area is 205 Å². The highest BCUT2D eigenvalue weighted by Gasteiger charge is 2.29. The Morgan fingerprint density at radius 1 is 1.06 bits per heavy atom. The summed E-state index contributed by atoms with van der Waals surface area (Å²) in [6, 6.07) is 10.8. The van der Waals surface area contributed by atoms with Crippen LogP contribution >= 0.6 is 0 Å². The van der Waals surface area contributed by atoms with Crippen LogP contribution in [0.25, 0.3) is 0 Å². The fourth-order valence-electron chi connectivity index (χ4n) is 4.79. The van der Waals surface area contributed by atoms with Crippen LogP contribution in [0.1, 0.15) is 11.7 Å². The molecule has 2 N–H and O–H groups in total. The number of hydrogen-bond donors (Lipinski definition) is 2. The molecule has 9 heteroatoms. The summed E-state index contributed by atoms with van der Waals surface area (Å²) >= 11 is 0. The maximum Gasteiger partial charge on any atom is 0.271 e. The van der Waals surface area contributed by atoms with Gasteiger partial charge in [0.05, 0.1) is 24.6 Å². The molecule has 2 aromatic rings. The largest absolute Gasteiger partial charge is 0.378 e. The Bertz CT molecular complexity index is 1090. The number of anilines is 4. The topological polar surface area (TPSA) is 69.3 Å². The highest BCUT2D eigenvalue weighted by atomic mass is 19.1. The summed E-state index contributed by atoms with van der Waals surface area (Å²) in [4.78, 5) is 19.9. The van der Waals surface area contributed by atoms with Crippen LogP contribution in [0.15, 0.2) is 48.2 Å². The van der Waals surface area contributed by atoms with Gasteiger partial charge in [-0.1, -0.05) is 0 Å². The van der Waals surface area contributed by atoms with E-state index in [-0.39, 0.29) is 11.7 Å². The summed E-state index contributed by atoms with van der Waals surface area (Å²) in [5.74, 6) is -0.589. The summed E-state index contributed by atoms with van der Waals surface area (Å²) in [5, 5.41) is 6.24. The molecule has 0 aromatic heterocycles. The summed E-state index contributed by atoms with van der Waals surface area (Å²) in [6.07, 6.45) is 1.17. The van der Waals surface area contributed by atoms with Gasteiger partial charge in [-0.25, -0.2) is 4.39 Å². The SMILES string of the molecule is COC1C=C(C(=O)Nc2ccc(N3CCOCC3)cc2)Nc2c1cc(F)cc2N1CCN(C)CC1. The number of halogens is 1. The zero-order chi connectivity index (χ0) is 24.4. The van der Waals surface area contributed by atoms with Crippen molar-refractivity contribution in [2.24, 2.45) is 0 Å². The van der Waals surface area contributed by atoms with Crippen LogP contribution in [-0.4, -0.2) is 77.4 Å². The van der Waals surface area contributed by atoms with Gasteiger partial charge < -0.3 is 34.8 Å². The van der Waals surface area contributed by atoms with Crippen LogP contribution < -0.4 is 20.4 Å². The molecule has 1 amide bonds. The van der Waals surface area contributed by atoms with E-state index in [0.717, 1.165) is 69.5 Å². The minimum Gasteiger partial charge on any atom is -0.378 e. The maximum absolute atomic E-state index is 14.6. The third-order valence-corrected chi connectivity index (χ3v) is 6.84. The number of carbonyl (C=O) groups is 1. The molecule has 0 spiro atoms. The van der Waals surface area contributed by atoms with Crippen molar-refractivity contribution in [3.8, 4) is 0 Å². The Hall–Kier alpha value is -3.14. The fraction of sp³-hybridized carbons (Fsp3) is 0.423. The molecule has 0 aliphatic carbocycles. The molecule has 35 heavy (non-hydrogen) atoms. The van der Waals surface area contributed by atoms with Crippen molar-refractivity contribution in [2.45, 2.75) is 6.10 Å². The van der Waals surface area contributed by atoms with Crippen LogP contribution in [0.3, 0.4) is 0 Å². The van der Waals surface area contributed by atoms with Gasteiger partial charge >= 0.3 is 0 Å². The molecule has 1 atom stereocenters. The number of benzene rings is 2. The molecule has 3 heterocycles. The first-order chi connectivity index (χ1) is 17.0. The van der Waals surface area contributed by atoms with Crippen molar-refractivity contribution in [2.75, 3.05) is 87.1 Å². The van der Waals surface area contributed by atoms with Crippen LogP contribution in [0, 0.1) is 5.82 Å². The number of nitrogens with zero attached hydrogens (tertiary/aromatic N) is 3. The van der Waals surface area contributed by atoms with Gasteiger partial charge in [0.1, 0.15) is 17.6 Å². The van der Waals surface area contributed by atoms with E-state index in [1.807, 2.05) is 24.3 Å². The first-order valence-electron chi connectivity index (χ1n) is 12.0. The lowest BCUT2D eigenvalue weighted by Gasteiger charge is -2.37. The molecule has 3 aliphatic heterocycles. The number of amides is 1. The molecule has 5 rings (SSSR count). The maximum atomic E-state index is 14.6. The third kappa shape index (κ3) is 5.12. The number of methoxy groups -OCH3 is 1. The van der Waals surface area contributed by atoms with E-state index in [4.69, 9.17) is 9.47 Å². The van der Waals surface area contributed by atoms with E-state index < -0.39 is 6.10 Å². The predicted octanol–water partition coefficient (Wildman–Crippen LogP) is 3.05. The number of ether oxygens (including phenoxy) is 2. The highest BCUT2D eigenvalue weighted by molar-refractivity contribution is 6.07. The number of likely N-dealkylation sites (N-methyl/N-ethyl adjacent to an activating group) is 1. The van der Waals surface area contributed by atoms with E-state index in [0.29, 0.717) is 16.9 Å². The summed E-state index contributed by atoms with van der Waals surface area (Å²) in [5.41, 5.74) is 4.35. The molecule has 1 unspecified atom stereocenters. The Balaban J connectivity index is 1.35. The van der Waals surface area contributed by atoms with E-state index >= 15 is 0 Å². The number of morpholine rings is 1. The van der Waals surface area contributed by atoms with Gasteiger partial charge in [0.15, 0.2) is 0 Å². The molecule has 2 saturated heterocycles.